The van der Waals surface area contributed by atoms with E-state index in [9.17, 15) is 14.9 Å². The van der Waals surface area contributed by atoms with E-state index in [1.807, 2.05) is 43.3 Å². The van der Waals surface area contributed by atoms with E-state index in [0.29, 0.717) is 36.7 Å². The van der Waals surface area contributed by atoms with Gasteiger partial charge in [-0.2, -0.15) is 0 Å². The van der Waals surface area contributed by atoms with Crippen molar-refractivity contribution in [2.45, 2.75) is 39.7 Å². The summed E-state index contributed by atoms with van der Waals surface area (Å²) in [5, 5.41) is 10.3. The standard InChI is InChI=1S/C27H32N2O7/c1-19-20(2)27(30)36-26-16-24(7-8-25(19)26)34-18-21-9-11-28(12-10-21)17-22-5-3-6-23(15-22)33-13-4-14-35-29(31)32/h3,5-8,15-16,21H,4,9-14,17-18H2,1-2H3. The number of aryl methyl sites for hydroxylation is 1. The van der Waals surface area contributed by atoms with Gasteiger partial charge in [-0.05, 0) is 81.1 Å². The first-order valence-corrected chi connectivity index (χ1v) is 12.3. The average molecular weight is 497 g/mol. The lowest BCUT2D eigenvalue weighted by Gasteiger charge is -2.32. The first-order valence-electron chi connectivity index (χ1n) is 12.3. The predicted molar refractivity (Wildman–Crippen MR) is 135 cm³/mol. The quantitative estimate of drug-likeness (QED) is 0.163. The number of nitrogens with zero attached hydrogens (tertiary/aromatic N) is 2. The molecular weight excluding hydrogens is 464 g/mol. The van der Waals surface area contributed by atoms with Crippen LogP contribution in [-0.2, 0) is 11.4 Å². The van der Waals surface area contributed by atoms with E-state index in [1.165, 1.54) is 5.56 Å². The summed E-state index contributed by atoms with van der Waals surface area (Å²) < 4.78 is 17.2. The van der Waals surface area contributed by atoms with Crippen molar-refractivity contribution in [3.8, 4) is 11.5 Å². The lowest BCUT2D eigenvalue weighted by atomic mass is 9.97. The number of hydrogen-bond donors (Lipinski definition) is 0. The average Bonchev–Trinajstić information content (AvgIpc) is 2.87. The summed E-state index contributed by atoms with van der Waals surface area (Å²) >= 11 is 0. The Balaban J connectivity index is 1.22. The monoisotopic (exact) mass is 496 g/mol. The summed E-state index contributed by atoms with van der Waals surface area (Å²) in [6, 6.07) is 13.7. The van der Waals surface area contributed by atoms with Gasteiger partial charge in [0.2, 0.25) is 0 Å². The Labute approximate surface area is 209 Å². The molecule has 0 atom stereocenters. The molecule has 1 saturated heterocycles. The lowest BCUT2D eigenvalue weighted by molar-refractivity contribution is -0.757. The van der Waals surface area contributed by atoms with Crippen LogP contribution in [-0.4, -0.2) is 42.9 Å². The van der Waals surface area contributed by atoms with Gasteiger partial charge in [-0.25, -0.2) is 4.79 Å². The maximum Gasteiger partial charge on any atom is 0.339 e. The van der Waals surface area contributed by atoms with E-state index in [4.69, 9.17) is 13.9 Å². The van der Waals surface area contributed by atoms with Gasteiger partial charge in [0.25, 0.3) is 5.09 Å². The predicted octanol–water partition coefficient (Wildman–Crippen LogP) is 4.68. The van der Waals surface area contributed by atoms with Crippen molar-refractivity contribution in [1.82, 2.24) is 4.90 Å². The van der Waals surface area contributed by atoms with Crippen molar-refractivity contribution in [2.24, 2.45) is 5.92 Å². The minimum absolute atomic E-state index is 0.0297. The molecule has 0 unspecified atom stereocenters. The fraction of sp³-hybridized carbons (Fsp3) is 0.444. The van der Waals surface area contributed by atoms with Crippen LogP contribution < -0.4 is 15.1 Å². The zero-order valence-electron chi connectivity index (χ0n) is 20.7. The van der Waals surface area contributed by atoms with E-state index in [0.717, 1.165) is 54.9 Å². The maximum atomic E-state index is 12.0. The van der Waals surface area contributed by atoms with Crippen LogP contribution in [0, 0.1) is 29.9 Å². The number of benzene rings is 2. The molecule has 0 saturated carbocycles. The van der Waals surface area contributed by atoms with Gasteiger partial charge in [0.15, 0.2) is 0 Å². The molecule has 0 N–H and O–H groups in total. The van der Waals surface area contributed by atoms with Crippen LogP contribution in [0.4, 0.5) is 0 Å². The molecule has 0 aliphatic carbocycles. The Kier molecular flexibility index (Phi) is 8.43. The SMILES string of the molecule is Cc1c(C)c2ccc(OCC3CCN(Cc4cccc(OCCCO[N+](=O)[O-])c4)CC3)cc2oc1=O. The van der Waals surface area contributed by atoms with Crippen molar-refractivity contribution in [3.05, 3.63) is 79.7 Å². The zero-order chi connectivity index (χ0) is 25.5. The molecule has 0 spiro atoms. The summed E-state index contributed by atoms with van der Waals surface area (Å²) in [4.78, 5) is 28.9. The molecule has 3 aromatic rings. The number of fused-ring (bicyclic) bond motifs is 1. The molecule has 9 nitrogen and oxygen atoms in total. The fourth-order valence-electron chi connectivity index (χ4n) is 4.42. The van der Waals surface area contributed by atoms with Crippen LogP contribution in [0.15, 0.2) is 51.7 Å². The van der Waals surface area contributed by atoms with Crippen molar-refractivity contribution < 1.29 is 23.8 Å². The number of rotatable bonds is 11. The number of hydrogen-bond acceptors (Lipinski definition) is 8. The third-order valence-electron chi connectivity index (χ3n) is 6.68. The highest BCUT2D eigenvalue weighted by atomic mass is 16.9. The molecule has 9 heteroatoms. The van der Waals surface area contributed by atoms with Crippen LogP contribution in [0.25, 0.3) is 11.0 Å². The molecule has 1 fully saturated rings. The summed E-state index contributed by atoms with van der Waals surface area (Å²) in [6.07, 6.45) is 2.55. The Hall–Kier alpha value is -3.59. The van der Waals surface area contributed by atoms with Gasteiger partial charge in [0.1, 0.15) is 17.1 Å². The molecule has 1 aromatic heterocycles. The highest BCUT2D eigenvalue weighted by Gasteiger charge is 2.20. The summed E-state index contributed by atoms with van der Waals surface area (Å²) in [7, 11) is 0. The second kappa shape index (κ2) is 11.9. The van der Waals surface area contributed by atoms with Crippen LogP contribution in [0.5, 0.6) is 11.5 Å². The molecule has 192 valence electrons. The fourth-order valence-corrected chi connectivity index (χ4v) is 4.42. The van der Waals surface area contributed by atoms with E-state index in [2.05, 4.69) is 15.8 Å². The number of ether oxygens (including phenoxy) is 2. The van der Waals surface area contributed by atoms with E-state index < -0.39 is 5.09 Å². The summed E-state index contributed by atoms with van der Waals surface area (Å²) in [5.74, 6) is 1.95. The van der Waals surface area contributed by atoms with E-state index >= 15 is 0 Å². The Morgan fingerprint density at radius 3 is 2.58 bits per heavy atom. The minimum atomic E-state index is -0.790. The largest absolute Gasteiger partial charge is 0.494 e. The van der Waals surface area contributed by atoms with Crippen LogP contribution in [0.3, 0.4) is 0 Å². The molecule has 0 amide bonds. The van der Waals surface area contributed by atoms with E-state index in [1.54, 1.807) is 6.92 Å². The number of piperidine rings is 1. The zero-order valence-corrected chi connectivity index (χ0v) is 20.7. The van der Waals surface area contributed by atoms with Crippen molar-refractivity contribution in [2.75, 3.05) is 32.9 Å². The van der Waals surface area contributed by atoms with Gasteiger partial charge in [-0.15, -0.1) is 10.1 Å². The molecule has 2 aromatic carbocycles. The van der Waals surface area contributed by atoms with Crippen LogP contribution in [0.1, 0.15) is 36.0 Å². The molecule has 2 heterocycles. The number of likely N-dealkylation sites (tertiary alicyclic amines) is 1. The van der Waals surface area contributed by atoms with Gasteiger partial charge in [-0.3, -0.25) is 4.90 Å². The van der Waals surface area contributed by atoms with Gasteiger partial charge >= 0.3 is 5.63 Å². The first-order chi connectivity index (χ1) is 17.4. The molecule has 1 aliphatic heterocycles. The normalized spacial score (nSPS) is 14.6. The molecule has 4 rings (SSSR count). The van der Waals surface area contributed by atoms with Crippen molar-refractivity contribution >= 4 is 11.0 Å². The molecule has 0 bridgehead atoms. The van der Waals surface area contributed by atoms with Crippen LogP contribution in [0.2, 0.25) is 0 Å². The van der Waals surface area contributed by atoms with Gasteiger partial charge < -0.3 is 18.7 Å². The van der Waals surface area contributed by atoms with Crippen LogP contribution >= 0.6 is 0 Å². The lowest BCUT2D eigenvalue weighted by Crippen LogP contribution is -2.35. The van der Waals surface area contributed by atoms with Crippen molar-refractivity contribution in [3.63, 3.8) is 0 Å². The topological polar surface area (TPSA) is 104 Å². The highest BCUT2D eigenvalue weighted by molar-refractivity contribution is 5.82. The smallest absolute Gasteiger partial charge is 0.339 e. The van der Waals surface area contributed by atoms with Gasteiger partial charge in [-0.1, -0.05) is 12.1 Å². The molecule has 1 aliphatic rings. The van der Waals surface area contributed by atoms with Gasteiger partial charge in [0.05, 0.1) is 19.8 Å². The van der Waals surface area contributed by atoms with Crippen molar-refractivity contribution in [1.29, 1.82) is 0 Å². The molecule has 36 heavy (non-hydrogen) atoms. The highest BCUT2D eigenvalue weighted by Crippen LogP contribution is 2.26. The Morgan fingerprint density at radius 2 is 1.81 bits per heavy atom. The first kappa shape index (κ1) is 25.5. The summed E-state index contributed by atoms with van der Waals surface area (Å²) in [5.41, 5.74) is 3.02. The Morgan fingerprint density at radius 1 is 1.03 bits per heavy atom. The maximum absolute atomic E-state index is 12.0. The molecular formula is C27H32N2O7. The second-order valence-electron chi connectivity index (χ2n) is 9.23. The second-order valence-corrected chi connectivity index (χ2v) is 9.23. The Bertz CT molecular complexity index is 1250. The third-order valence-corrected chi connectivity index (χ3v) is 6.68. The summed E-state index contributed by atoms with van der Waals surface area (Å²) in [6.45, 7) is 7.57. The molecule has 0 radical (unpaired) electrons. The minimum Gasteiger partial charge on any atom is -0.494 e. The van der Waals surface area contributed by atoms with Gasteiger partial charge in [0, 0.05) is 30.0 Å². The van der Waals surface area contributed by atoms with E-state index in [-0.39, 0.29) is 12.2 Å². The third kappa shape index (κ3) is 6.75.